The van der Waals surface area contributed by atoms with E-state index in [-0.39, 0.29) is 30.5 Å². The van der Waals surface area contributed by atoms with Crippen LogP contribution < -0.4 is 20.1 Å². The van der Waals surface area contributed by atoms with Crippen molar-refractivity contribution in [2.75, 3.05) is 42.6 Å². The molecule has 0 bridgehead atoms. The number of alkyl halides is 3. The summed E-state index contributed by atoms with van der Waals surface area (Å²) in [6.45, 7) is 1.91. The second-order valence-electron chi connectivity index (χ2n) is 10.1. The number of carbonyl (C=O) groups excluding carboxylic acids is 1. The van der Waals surface area contributed by atoms with Gasteiger partial charge >= 0.3 is 6.18 Å². The summed E-state index contributed by atoms with van der Waals surface area (Å²) < 4.78 is 60.9. The van der Waals surface area contributed by atoms with Crippen molar-refractivity contribution in [2.24, 2.45) is 0 Å². The van der Waals surface area contributed by atoms with Crippen molar-refractivity contribution in [3.63, 3.8) is 0 Å². The second-order valence-corrected chi connectivity index (χ2v) is 10.1. The highest BCUT2D eigenvalue weighted by Crippen LogP contribution is 2.42. The molecule has 2 aliphatic rings. The van der Waals surface area contributed by atoms with Crippen LogP contribution in [0, 0.1) is 5.82 Å². The molecule has 1 amide bonds. The fourth-order valence-corrected chi connectivity index (χ4v) is 5.44. The van der Waals surface area contributed by atoms with E-state index in [1.54, 1.807) is 35.2 Å². The molecule has 1 saturated heterocycles. The van der Waals surface area contributed by atoms with Crippen LogP contribution in [-0.2, 0) is 12.7 Å². The van der Waals surface area contributed by atoms with Crippen molar-refractivity contribution in [2.45, 2.75) is 18.8 Å². The fraction of sp³-hybridized carbons (Fsp3) is 0.276. The second kappa shape index (κ2) is 11.3. The number of piperazine rings is 1. The molecule has 1 atom stereocenters. The Morgan fingerprint density at radius 2 is 1.81 bits per heavy atom. The number of benzene rings is 1. The highest BCUT2D eigenvalue weighted by molar-refractivity contribution is 5.94. The van der Waals surface area contributed by atoms with Crippen LogP contribution in [0.2, 0.25) is 0 Å². The lowest BCUT2D eigenvalue weighted by Crippen LogP contribution is -2.49. The molecule has 1 N–H and O–H groups in total. The molecule has 10 nitrogen and oxygen atoms in total. The van der Waals surface area contributed by atoms with Gasteiger partial charge in [-0.1, -0.05) is 24.3 Å². The van der Waals surface area contributed by atoms with Gasteiger partial charge in [-0.2, -0.15) is 18.3 Å². The number of halogens is 4. The van der Waals surface area contributed by atoms with Gasteiger partial charge in [-0.25, -0.2) is 14.5 Å². The Morgan fingerprint density at radius 1 is 1.02 bits per heavy atom. The fourth-order valence-electron chi connectivity index (χ4n) is 5.44. The number of H-pyrrole nitrogens is 1. The van der Waals surface area contributed by atoms with E-state index < -0.39 is 29.2 Å². The summed E-state index contributed by atoms with van der Waals surface area (Å²) in [5.74, 6) is 0.230. The van der Waals surface area contributed by atoms with E-state index in [0.29, 0.717) is 37.6 Å². The molecule has 0 saturated carbocycles. The van der Waals surface area contributed by atoms with Gasteiger partial charge in [0.05, 0.1) is 35.9 Å². The van der Waals surface area contributed by atoms with Crippen LogP contribution >= 0.6 is 0 Å². The smallest absolute Gasteiger partial charge is 0.423 e. The molecule has 2 aliphatic heterocycles. The lowest BCUT2D eigenvalue weighted by Gasteiger charge is -2.35. The van der Waals surface area contributed by atoms with Crippen LogP contribution in [0.5, 0.6) is 5.75 Å². The Labute approximate surface area is 242 Å². The SMILES string of the molecule is O=C(c1cncc(OC[C@H]2c3ccccc3CN2c2cn[nH]c(=O)c2C(F)(F)F)c1)N1CCN(c2ccc(F)cn2)CC1. The van der Waals surface area contributed by atoms with Crippen LogP contribution in [0.25, 0.3) is 0 Å². The van der Waals surface area contributed by atoms with Crippen LogP contribution in [-0.4, -0.2) is 63.8 Å². The standard InChI is InChI=1S/C29H25F4N7O3/c30-20-5-6-25(35-13-20)38-7-9-39(10-8-38)28(42)19-11-21(14-34-12-19)43-17-24-22-4-2-1-3-18(22)16-40(24)23-15-36-37-27(41)26(23)29(31,32)33/h1-6,11-15,24H,7-10,16-17H2,(H,37,41)/t24-/m0/s1. The van der Waals surface area contributed by atoms with Crippen LogP contribution in [0.15, 0.2) is 72.0 Å². The van der Waals surface area contributed by atoms with Gasteiger partial charge in [0, 0.05) is 38.9 Å². The van der Waals surface area contributed by atoms with Crippen LogP contribution in [0.1, 0.15) is 33.1 Å². The summed E-state index contributed by atoms with van der Waals surface area (Å²) in [6.07, 6.45) is 0.106. The van der Waals surface area contributed by atoms with Crippen molar-refractivity contribution in [3.8, 4) is 5.75 Å². The monoisotopic (exact) mass is 595 g/mol. The van der Waals surface area contributed by atoms with Gasteiger partial charge < -0.3 is 19.4 Å². The molecule has 4 aromatic rings. The Balaban J connectivity index is 1.17. The molecular weight excluding hydrogens is 570 g/mol. The van der Waals surface area contributed by atoms with Gasteiger partial charge in [0.25, 0.3) is 11.5 Å². The van der Waals surface area contributed by atoms with Crippen LogP contribution in [0.3, 0.4) is 0 Å². The third-order valence-electron chi connectivity index (χ3n) is 7.53. The first-order chi connectivity index (χ1) is 20.7. The zero-order valence-corrected chi connectivity index (χ0v) is 22.6. The number of ether oxygens (including phenoxy) is 1. The molecule has 3 aromatic heterocycles. The minimum atomic E-state index is -4.90. The van der Waals surface area contributed by atoms with Crippen molar-refractivity contribution < 1.29 is 27.1 Å². The lowest BCUT2D eigenvalue weighted by atomic mass is 10.1. The van der Waals surface area contributed by atoms with E-state index in [0.717, 1.165) is 23.5 Å². The first-order valence-electron chi connectivity index (χ1n) is 13.4. The molecule has 43 heavy (non-hydrogen) atoms. The quantitative estimate of drug-likeness (QED) is 0.336. The van der Waals surface area contributed by atoms with Gasteiger partial charge in [0.15, 0.2) is 0 Å². The van der Waals surface area contributed by atoms with E-state index in [1.807, 2.05) is 16.1 Å². The average Bonchev–Trinajstić information content (AvgIpc) is 3.38. The van der Waals surface area contributed by atoms with Gasteiger partial charge in [0.1, 0.15) is 29.6 Å². The van der Waals surface area contributed by atoms with Gasteiger partial charge in [-0.3, -0.25) is 14.6 Å². The molecule has 0 radical (unpaired) electrons. The van der Waals surface area contributed by atoms with E-state index in [9.17, 15) is 27.2 Å². The van der Waals surface area contributed by atoms with Gasteiger partial charge in [-0.05, 0) is 29.3 Å². The summed E-state index contributed by atoms with van der Waals surface area (Å²) >= 11 is 0. The Morgan fingerprint density at radius 3 is 2.56 bits per heavy atom. The number of amides is 1. The molecule has 1 aromatic carbocycles. The number of aromatic amines is 1. The van der Waals surface area contributed by atoms with Crippen molar-refractivity contribution >= 4 is 17.4 Å². The first-order valence-corrected chi connectivity index (χ1v) is 13.4. The lowest BCUT2D eigenvalue weighted by molar-refractivity contribution is -0.138. The highest BCUT2D eigenvalue weighted by Gasteiger charge is 2.42. The number of hydrogen-bond donors (Lipinski definition) is 1. The number of carbonyl (C=O) groups is 1. The summed E-state index contributed by atoms with van der Waals surface area (Å²) in [7, 11) is 0. The number of anilines is 2. The Hall–Kier alpha value is -5.01. The Kier molecular flexibility index (Phi) is 7.42. The van der Waals surface area contributed by atoms with Crippen molar-refractivity contribution in [1.29, 1.82) is 0 Å². The maximum absolute atomic E-state index is 13.9. The molecule has 222 valence electrons. The molecular formula is C29H25F4N7O3. The molecule has 6 rings (SSSR count). The van der Waals surface area contributed by atoms with Crippen LogP contribution in [0.4, 0.5) is 29.1 Å². The maximum Gasteiger partial charge on any atom is 0.423 e. The third kappa shape index (κ3) is 5.72. The molecule has 0 unspecified atom stereocenters. The van der Waals surface area contributed by atoms with Gasteiger partial charge in [0.2, 0.25) is 0 Å². The summed E-state index contributed by atoms with van der Waals surface area (Å²) in [4.78, 5) is 38.8. The largest absolute Gasteiger partial charge is 0.489 e. The minimum absolute atomic E-state index is 0.0796. The zero-order valence-electron chi connectivity index (χ0n) is 22.6. The molecule has 1 fully saturated rings. The first kappa shape index (κ1) is 28.1. The topological polar surface area (TPSA) is 108 Å². The van der Waals surface area contributed by atoms with Gasteiger partial charge in [-0.15, -0.1) is 0 Å². The molecule has 0 spiro atoms. The maximum atomic E-state index is 13.9. The summed E-state index contributed by atoms with van der Waals surface area (Å²) in [6, 6.07) is 11.0. The number of fused-ring (bicyclic) bond motifs is 1. The summed E-state index contributed by atoms with van der Waals surface area (Å²) in [5, 5.41) is 5.50. The van der Waals surface area contributed by atoms with E-state index in [1.165, 1.54) is 23.4 Å². The normalized spacial score (nSPS) is 16.7. The van der Waals surface area contributed by atoms with E-state index in [4.69, 9.17) is 4.74 Å². The number of aromatic nitrogens is 4. The number of pyridine rings is 2. The van der Waals surface area contributed by atoms with Crippen molar-refractivity contribution in [3.05, 3.63) is 106 Å². The third-order valence-corrected chi connectivity index (χ3v) is 7.53. The zero-order chi connectivity index (χ0) is 30.1. The predicted octanol–water partition coefficient (Wildman–Crippen LogP) is 3.82. The number of nitrogens with one attached hydrogen (secondary N) is 1. The molecule has 5 heterocycles. The molecule has 14 heteroatoms. The number of nitrogens with zero attached hydrogens (tertiary/aromatic N) is 6. The summed E-state index contributed by atoms with van der Waals surface area (Å²) in [5.41, 5.74) is -1.16. The minimum Gasteiger partial charge on any atom is -0.489 e. The number of rotatable bonds is 6. The van der Waals surface area contributed by atoms with Crippen molar-refractivity contribution in [1.82, 2.24) is 25.1 Å². The van der Waals surface area contributed by atoms with E-state index in [2.05, 4.69) is 15.1 Å². The molecule has 0 aliphatic carbocycles. The predicted molar refractivity (Wildman–Crippen MR) is 147 cm³/mol. The highest BCUT2D eigenvalue weighted by atomic mass is 19.4. The number of hydrogen-bond acceptors (Lipinski definition) is 8. The Bertz CT molecular complexity index is 1690. The van der Waals surface area contributed by atoms with E-state index >= 15 is 0 Å². The average molecular weight is 596 g/mol.